The van der Waals surface area contributed by atoms with Crippen LogP contribution in [-0.2, 0) is 27.4 Å². The summed E-state index contributed by atoms with van der Waals surface area (Å²) < 4.78 is 29.5. The molecule has 0 aromatic heterocycles. The number of ether oxygens (including phenoxy) is 5. The highest BCUT2D eigenvalue weighted by molar-refractivity contribution is 5.96. The second-order valence-electron chi connectivity index (χ2n) is 14.2. The third kappa shape index (κ3) is 8.30. The number of rotatable bonds is 15. The number of amides is 2. The average Bonchev–Trinajstić information content (AvgIpc) is 3.53. The maximum absolute atomic E-state index is 14.4. The first-order chi connectivity index (χ1) is 24.5. The van der Waals surface area contributed by atoms with Crippen LogP contribution >= 0.6 is 0 Å². The Morgan fingerprint density at radius 2 is 1.80 bits per heavy atom. The molecule has 4 N–H and O–H groups in total. The normalized spacial score (nSPS) is 25.3. The number of fused-ring (bicyclic) bond motifs is 3. The van der Waals surface area contributed by atoms with Gasteiger partial charge in [-0.05, 0) is 84.6 Å². The predicted octanol–water partition coefficient (Wildman–Crippen LogP) is 3.38. The van der Waals surface area contributed by atoms with E-state index in [1.165, 1.54) is 7.11 Å². The standard InChI is InChI=1S/C39H54N2O10/c1-22(2)27-9-7-23(3)15-32(27)50-21-34(44)41(13-11-25-18-26(47-4)8-10-31(25)48-5)30-19-29(39(46)40-12-14-42)35-28-16-24(20-43)17-33(49-6)37(28)51-38(35)36(30)45/h8,10,16-19,22-23,27,30,32,35-36,38,42-43,45H,7,9,11-15,20-21H2,1-6H3,(H,40,46). The molecule has 12 heteroatoms. The van der Waals surface area contributed by atoms with Crippen LogP contribution in [0.1, 0.15) is 62.6 Å². The van der Waals surface area contributed by atoms with Crippen LogP contribution < -0.4 is 24.3 Å². The van der Waals surface area contributed by atoms with Crippen molar-refractivity contribution in [1.82, 2.24) is 10.2 Å². The maximum atomic E-state index is 14.4. The summed E-state index contributed by atoms with van der Waals surface area (Å²) in [7, 11) is 4.64. The SMILES string of the molecule is COc1ccc(OC)c(CCN(C(=O)COC2CC(C)CCC2C(C)C)C2C=C(C(=O)NCCO)C3c4cc(CO)cc(OC)c4OC3C2O)c1. The Morgan fingerprint density at radius 3 is 2.47 bits per heavy atom. The number of nitrogens with one attached hydrogen (secondary N) is 1. The summed E-state index contributed by atoms with van der Waals surface area (Å²) in [4.78, 5) is 29.8. The summed E-state index contributed by atoms with van der Waals surface area (Å²) in [6.45, 7) is 6.03. The predicted molar refractivity (Wildman–Crippen MR) is 190 cm³/mol. The molecule has 280 valence electrons. The van der Waals surface area contributed by atoms with Crippen LogP contribution in [0, 0.1) is 17.8 Å². The number of aliphatic hydroxyl groups excluding tert-OH is 3. The minimum Gasteiger partial charge on any atom is -0.497 e. The van der Waals surface area contributed by atoms with Gasteiger partial charge in [0.05, 0.1) is 52.6 Å². The van der Waals surface area contributed by atoms with Crippen molar-refractivity contribution in [3.8, 4) is 23.0 Å². The van der Waals surface area contributed by atoms with E-state index in [1.807, 2.05) is 6.07 Å². The van der Waals surface area contributed by atoms with Crippen LogP contribution in [0.15, 0.2) is 42.0 Å². The quantitative estimate of drug-likeness (QED) is 0.216. The fourth-order valence-electron chi connectivity index (χ4n) is 7.94. The Morgan fingerprint density at radius 1 is 1.04 bits per heavy atom. The zero-order valence-electron chi connectivity index (χ0n) is 30.6. The van der Waals surface area contributed by atoms with Crippen LogP contribution in [0.2, 0.25) is 0 Å². The van der Waals surface area contributed by atoms with E-state index in [0.717, 1.165) is 24.8 Å². The Labute approximate surface area is 300 Å². The second kappa shape index (κ2) is 17.1. The summed E-state index contributed by atoms with van der Waals surface area (Å²) in [6.07, 6.45) is 2.73. The number of carbonyl (C=O) groups is 2. The number of hydrogen-bond acceptors (Lipinski definition) is 10. The smallest absolute Gasteiger partial charge is 0.249 e. The molecule has 12 nitrogen and oxygen atoms in total. The van der Waals surface area contributed by atoms with Crippen LogP contribution in [0.3, 0.4) is 0 Å². The molecule has 2 aromatic carbocycles. The van der Waals surface area contributed by atoms with E-state index in [2.05, 4.69) is 26.1 Å². The van der Waals surface area contributed by atoms with Gasteiger partial charge in [-0.25, -0.2) is 0 Å². The molecule has 1 saturated carbocycles. The molecule has 51 heavy (non-hydrogen) atoms. The molecule has 0 spiro atoms. The van der Waals surface area contributed by atoms with E-state index in [1.54, 1.807) is 49.5 Å². The summed E-state index contributed by atoms with van der Waals surface area (Å²) in [5, 5.41) is 34.4. The van der Waals surface area contributed by atoms with Gasteiger partial charge in [-0.3, -0.25) is 9.59 Å². The Hall–Kier alpha value is -3.84. The van der Waals surface area contributed by atoms with E-state index in [-0.39, 0.29) is 50.5 Å². The van der Waals surface area contributed by atoms with Crippen molar-refractivity contribution in [3.05, 3.63) is 58.7 Å². The highest BCUT2D eigenvalue weighted by atomic mass is 16.5. The lowest BCUT2D eigenvalue weighted by atomic mass is 9.75. The second-order valence-corrected chi connectivity index (χ2v) is 14.2. The lowest BCUT2D eigenvalue weighted by Gasteiger charge is -2.41. The summed E-state index contributed by atoms with van der Waals surface area (Å²) in [6, 6.07) is 7.88. The number of aliphatic hydroxyl groups is 3. The third-order valence-corrected chi connectivity index (χ3v) is 10.7. The molecule has 2 amide bonds. The number of hydrogen-bond donors (Lipinski definition) is 4. The van der Waals surface area contributed by atoms with Gasteiger partial charge in [-0.2, -0.15) is 0 Å². The molecule has 0 radical (unpaired) electrons. The van der Waals surface area contributed by atoms with E-state index < -0.39 is 30.1 Å². The van der Waals surface area contributed by atoms with Crippen molar-refractivity contribution in [2.75, 3.05) is 47.6 Å². The van der Waals surface area contributed by atoms with Gasteiger partial charge in [0.1, 0.15) is 30.3 Å². The average molecular weight is 711 g/mol. The molecule has 0 saturated heterocycles. The van der Waals surface area contributed by atoms with Gasteiger partial charge in [0.2, 0.25) is 11.8 Å². The number of methoxy groups -OCH3 is 3. The van der Waals surface area contributed by atoms with E-state index >= 15 is 0 Å². The lowest BCUT2D eigenvalue weighted by Crippen LogP contribution is -2.57. The van der Waals surface area contributed by atoms with Crippen molar-refractivity contribution in [2.45, 2.75) is 83.3 Å². The van der Waals surface area contributed by atoms with E-state index in [0.29, 0.717) is 58.3 Å². The minimum absolute atomic E-state index is 0.0114. The topological polar surface area (TPSA) is 156 Å². The highest BCUT2D eigenvalue weighted by Gasteiger charge is 2.51. The lowest BCUT2D eigenvalue weighted by molar-refractivity contribution is -0.147. The largest absolute Gasteiger partial charge is 0.497 e. The van der Waals surface area contributed by atoms with Crippen molar-refractivity contribution in [2.24, 2.45) is 17.8 Å². The van der Waals surface area contributed by atoms with Crippen molar-refractivity contribution in [3.63, 3.8) is 0 Å². The van der Waals surface area contributed by atoms with Crippen molar-refractivity contribution < 1.29 is 48.6 Å². The van der Waals surface area contributed by atoms with Crippen LogP contribution in [-0.4, -0.2) is 104 Å². The Balaban J connectivity index is 1.53. The fourth-order valence-corrected chi connectivity index (χ4v) is 7.94. The summed E-state index contributed by atoms with van der Waals surface area (Å²) in [5.41, 5.74) is 2.22. The fraction of sp³-hybridized carbons (Fsp3) is 0.590. The zero-order chi connectivity index (χ0) is 36.8. The van der Waals surface area contributed by atoms with Gasteiger partial charge in [-0.1, -0.05) is 27.2 Å². The first-order valence-corrected chi connectivity index (χ1v) is 17.9. The van der Waals surface area contributed by atoms with Gasteiger partial charge in [-0.15, -0.1) is 0 Å². The minimum atomic E-state index is -1.26. The van der Waals surface area contributed by atoms with E-state index in [9.17, 15) is 24.9 Å². The molecule has 5 rings (SSSR count). The number of nitrogens with zero attached hydrogens (tertiary/aromatic N) is 1. The zero-order valence-corrected chi connectivity index (χ0v) is 30.6. The van der Waals surface area contributed by atoms with Gasteiger partial charge < -0.3 is 49.2 Å². The molecule has 1 fully saturated rings. The first kappa shape index (κ1) is 38.4. The number of benzene rings is 2. The summed E-state index contributed by atoms with van der Waals surface area (Å²) in [5.74, 6) is 1.67. The molecule has 7 unspecified atom stereocenters. The first-order valence-electron chi connectivity index (χ1n) is 17.9. The van der Waals surface area contributed by atoms with Crippen molar-refractivity contribution >= 4 is 11.8 Å². The van der Waals surface area contributed by atoms with Crippen molar-refractivity contribution in [1.29, 1.82) is 0 Å². The molecule has 3 aliphatic rings. The van der Waals surface area contributed by atoms with Crippen LogP contribution in [0.5, 0.6) is 23.0 Å². The number of carbonyl (C=O) groups excluding carboxylic acids is 2. The van der Waals surface area contributed by atoms with Gasteiger partial charge in [0.15, 0.2) is 11.5 Å². The van der Waals surface area contributed by atoms with Gasteiger partial charge >= 0.3 is 0 Å². The molecule has 7 atom stereocenters. The highest BCUT2D eigenvalue weighted by Crippen LogP contribution is 2.51. The molecular formula is C39H54N2O10. The third-order valence-electron chi connectivity index (χ3n) is 10.7. The van der Waals surface area contributed by atoms with Gasteiger partial charge in [0.25, 0.3) is 0 Å². The van der Waals surface area contributed by atoms with Crippen LogP contribution in [0.25, 0.3) is 0 Å². The maximum Gasteiger partial charge on any atom is 0.249 e. The molecular weight excluding hydrogens is 656 g/mol. The Bertz CT molecular complexity index is 1560. The molecule has 2 aromatic rings. The van der Waals surface area contributed by atoms with Gasteiger partial charge in [0, 0.05) is 24.2 Å². The molecule has 2 aliphatic carbocycles. The van der Waals surface area contributed by atoms with Crippen LogP contribution in [0.4, 0.5) is 0 Å². The molecule has 0 bridgehead atoms. The molecule has 1 aliphatic heterocycles. The summed E-state index contributed by atoms with van der Waals surface area (Å²) >= 11 is 0. The monoisotopic (exact) mass is 710 g/mol. The molecule has 1 heterocycles. The Kier molecular flexibility index (Phi) is 12.9. The van der Waals surface area contributed by atoms with E-state index in [4.69, 9.17) is 23.7 Å².